The number of hydrogen-bond acceptors (Lipinski definition) is 5. The van der Waals surface area contributed by atoms with E-state index in [9.17, 15) is 21.6 Å². The Morgan fingerprint density at radius 3 is 2.33 bits per heavy atom. The van der Waals surface area contributed by atoms with Crippen LogP contribution >= 0.6 is 0 Å². The third-order valence-corrected chi connectivity index (χ3v) is 4.31. The van der Waals surface area contributed by atoms with E-state index in [0.29, 0.717) is 5.56 Å². The quantitative estimate of drug-likeness (QED) is 0.885. The predicted octanol–water partition coefficient (Wildman–Crippen LogP) is 2.76. The number of nitrogens with one attached hydrogen (secondary N) is 1. The molecule has 2 aromatic rings. The number of halogens is 3. The van der Waals surface area contributed by atoms with Crippen molar-refractivity contribution in [2.24, 2.45) is 5.92 Å². The van der Waals surface area contributed by atoms with Crippen LogP contribution in [-0.4, -0.2) is 24.8 Å². The zero-order valence-electron chi connectivity index (χ0n) is 12.5. The van der Waals surface area contributed by atoms with Crippen LogP contribution in [0.25, 0.3) is 11.4 Å². The van der Waals surface area contributed by atoms with E-state index in [2.05, 4.69) is 19.4 Å². The Bertz CT molecular complexity index is 827. The molecule has 1 fully saturated rings. The molecule has 0 radical (unpaired) electrons. The van der Waals surface area contributed by atoms with E-state index in [1.165, 1.54) is 0 Å². The summed E-state index contributed by atoms with van der Waals surface area (Å²) < 4.78 is 67.2. The number of alkyl halides is 3. The van der Waals surface area contributed by atoms with E-state index in [0.717, 1.165) is 24.7 Å². The van der Waals surface area contributed by atoms with Crippen LogP contribution in [0.1, 0.15) is 30.3 Å². The molecule has 0 amide bonds. The fraction of sp³-hybridized carbons (Fsp3) is 0.429. The summed E-state index contributed by atoms with van der Waals surface area (Å²) in [6, 6.07) is 6.05. The van der Waals surface area contributed by atoms with Crippen LogP contribution in [0.2, 0.25) is 0 Å². The van der Waals surface area contributed by atoms with Crippen molar-refractivity contribution in [3.8, 4) is 11.4 Å². The van der Waals surface area contributed by atoms with E-state index >= 15 is 0 Å². The van der Waals surface area contributed by atoms with Gasteiger partial charge >= 0.3 is 12.1 Å². The van der Waals surface area contributed by atoms with Crippen LogP contribution in [0, 0.1) is 5.92 Å². The largest absolute Gasteiger partial charge is 0.471 e. The maximum absolute atomic E-state index is 12.5. The second-order valence-electron chi connectivity index (χ2n) is 5.75. The minimum atomic E-state index is -4.69. The van der Waals surface area contributed by atoms with Gasteiger partial charge in [-0.25, -0.2) is 13.1 Å². The van der Waals surface area contributed by atoms with Crippen LogP contribution in [0.3, 0.4) is 0 Å². The molecule has 3 rings (SSSR count). The van der Waals surface area contributed by atoms with Gasteiger partial charge in [-0.3, -0.25) is 0 Å². The lowest BCUT2D eigenvalue weighted by molar-refractivity contribution is -0.159. The van der Waals surface area contributed by atoms with Crippen molar-refractivity contribution >= 4 is 10.0 Å². The fourth-order valence-corrected chi connectivity index (χ4v) is 3.18. The highest BCUT2D eigenvalue weighted by Crippen LogP contribution is 2.41. The molecule has 1 heterocycles. The molecule has 1 aliphatic carbocycles. The zero-order chi connectivity index (χ0) is 17.5. The predicted molar refractivity (Wildman–Crippen MR) is 78.2 cm³/mol. The number of hydrogen-bond donors (Lipinski definition) is 1. The summed E-state index contributed by atoms with van der Waals surface area (Å²) in [4.78, 5) is 3.32. The first-order valence-corrected chi connectivity index (χ1v) is 9.01. The van der Waals surface area contributed by atoms with Crippen LogP contribution < -0.4 is 4.72 Å². The van der Waals surface area contributed by atoms with Gasteiger partial charge in [-0.15, -0.1) is 0 Å². The van der Waals surface area contributed by atoms with Gasteiger partial charge in [0.1, 0.15) is 0 Å². The molecule has 1 aliphatic rings. The average molecular weight is 361 g/mol. The highest BCUT2D eigenvalue weighted by Gasteiger charge is 2.38. The Balaban J connectivity index is 1.83. The second kappa shape index (κ2) is 5.85. The van der Waals surface area contributed by atoms with Gasteiger partial charge in [0.2, 0.25) is 15.8 Å². The van der Waals surface area contributed by atoms with Gasteiger partial charge in [0.15, 0.2) is 0 Å². The smallest absolute Gasteiger partial charge is 0.329 e. The van der Waals surface area contributed by atoms with E-state index in [-0.39, 0.29) is 17.8 Å². The first kappa shape index (κ1) is 16.9. The molecule has 130 valence electrons. The number of nitrogens with zero attached hydrogens (tertiary/aromatic N) is 2. The fourth-order valence-electron chi connectivity index (χ4n) is 2.39. The van der Waals surface area contributed by atoms with Gasteiger partial charge in [-0.2, -0.15) is 18.2 Å². The summed E-state index contributed by atoms with van der Waals surface area (Å²) in [6.45, 7) is 0. The van der Waals surface area contributed by atoms with Crippen LogP contribution in [0.4, 0.5) is 13.2 Å². The number of sulfonamides is 1. The van der Waals surface area contributed by atoms with Crippen LogP contribution in [-0.2, 0) is 16.2 Å². The van der Waals surface area contributed by atoms with Crippen molar-refractivity contribution in [2.75, 3.05) is 6.26 Å². The normalized spacial score (nSPS) is 17.0. The highest BCUT2D eigenvalue weighted by atomic mass is 32.2. The Labute approximate surface area is 136 Å². The Morgan fingerprint density at radius 2 is 1.88 bits per heavy atom. The third kappa shape index (κ3) is 3.93. The highest BCUT2D eigenvalue weighted by molar-refractivity contribution is 7.88. The van der Waals surface area contributed by atoms with Crippen molar-refractivity contribution in [3.05, 3.63) is 35.7 Å². The molecular weight excluding hydrogens is 347 g/mol. The minimum absolute atomic E-state index is 0.173. The molecule has 6 nitrogen and oxygen atoms in total. The molecular formula is C14H14F3N3O3S. The minimum Gasteiger partial charge on any atom is -0.329 e. The van der Waals surface area contributed by atoms with Crippen molar-refractivity contribution in [3.63, 3.8) is 0 Å². The molecule has 0 aliphatic heterocycles. The van der Waals surface area contributed by atoms with E-state index < -0.39 is 22.1 Å². The first-order valence-electron chi connectivity index (χ1n) is 7.12. The van der Waals surface area contributed by atoms with E-state index in [1.807, 2.05) is 0 Å². The Morgan fingerprint density at radius 1 is 1.25 bits per heavy atom. The molecule has 1 saturated carbocycles. The topological polar surface area (TPSA) is 85.1 Å². The SMILES string of the molecule is CS(=O)(=O)NC(c1ccc(-c2noc(C(F)(F)F)n2)cc1)C1CC1. The number of benzene rings is 1. The van der Waals surface area contributed by atoms with Gasteiger partial charge in [0.05, 0.1) is 6.26 Å². The Hall–Kier alpha value is -1.94. The van der Waals surface area contributed by atoms with Crippen molar-refractivity contribution in [1.29, 1.82) is 0 Å². The molecule has 1 aromatic heterocycles. The lowest BCUT2D eigenvalue weighted by Gasteiger charge is -2.17. The van der Waals surface area contributed by atoms with E-state index in [4.69, 9.17) is 0 Å². The molecule has 1 N–H and O–H groups in total. The standard InChI is InChI=1S/C14H14F3N3O3S/c1-24(21,22)20-11(8-2-3-8)9-4-6-10(7-5-9)12-18-13(23-19-12)14(15,16)17/h4-8,11,20H,2-3H2,1H3. The van der Waals surface area contributed by atoms with Gasteiger partial charge < -0.3 is 4.52 Å². The van der Waals surface area contributed by atoms with Gasteiger partial charge in [-0.05, 0) is 24.3 Å². The Kier molecular flexibility index (Phi) is 4.12. The monoisotopic (exact) mass is 361 g/mol. The van der Waals surface area contributed by atoms with Crippen molar-refractivity contribution < 1.29 is 26.1 Å². The lowest BCUT2D eigenvalue weighted by Crippen LogP contribution is -2.28. The lowest BCUT2D eigenvalue weighted by atomic mass is 10.0. The first-order chi connectivity index (χ1) is 11.1. The maximum atomic E-state index is 12.5. The zero-order valence-corrected chi connectivity index (χ0v) is 13.4. The number of aromatic nitrogens is 2. The van der Waals surface area contributed by atoms with Crippen LogP contribution in [0.5, 0.6) is 0 Å². The summed E-state index contributed by atoms with van der Waals surface area (Å²) in [5.41, 5.74) is 1.10. The molecule has 0 saturated heterocycles. The molecule has 0 bridgehead atoms. The molecule has 10 heteroatoms. The van der Waals surface area contributed by atoms with Gasteiger partial charge in [0.25, 0.3) is 0 Å². The molecule has 24 heavy (non-hydrogen) atoms. The maximum Gasteiger partial charge on any atom is 0.471 e. The van der Waals surface area contributed by atoms with Gasteiger partial charge in [-0.1, -0.05) is 29.4 Å². The van der Waals surface area contributed by atoms with Crippen molar-refractivity contribution in [1.82, 2.24) is 14.9 Å². The number of rotatable bonds is 5. The second-order valence-corrected chi connectivity index (χ2v) is 7.53. The summed E-state index contributed by atoms with van der Waals surface area (Å²) in [7, 11) is -3.37. The molecule has 0 spiro atoms. The third-order valence-electron chi connectivity index (χ3n) is 3.63. The molecule has 1 unspecified atom stereocenters. The van der Waals surface area contributed by atoms with Crippen LogP contribution in [0.15, 0.2) is 28.8 Å². The summed E-state index contributed by atoms with van der Waals surface area (Å²) in [5.74, 6) is -1.35. The average Bonchev–Trinajstić information content (AvgIpc) is 3.18. The van der Waals surface area contributed by atoms with Crippen molar-refractivity contribution in [2.45, 2.75) is 25.1 Å². The summed E-state index contributed by atoms with van der Waals surface area (Å²) in [5, 5.41) is 3.32. The summed E-state index contributed by atoms with van der Waals surface area (Å²) >= 11 is 0. The molecule has 1 aromatic carbocycles. The van der Waals surface area contributed by atoms with E-state index in [1.54, 1.807) is 24.3 Å². The van der Waals surface area contributed by atoms with Gasteiger partial charge in [0, 0.05) is 11.6 Å². The summed E-state index contributed by atoms with van der Waals surface area (Å²) in [6.07, 6.45) is -1.75. The molecule has 1 atom stereocenters.